The summed E-state index contributed by atoms with van der Waals surface area (Å²) in [5.41, 5.74) is 3.43. The number of aliphatic hydroxyl groups excluding tert-OH is 1. The van der Waals surface area contributed by atoms with Crippen molar-refractivity contribution in [1.29, 1.82) is 0 Å². The third-order valence-electron chi connectivity index (χ3n) is 3.60. The van der Waals surface area contributed by atoms with Crippen molar-refractivity contribution in [3.05, 3.63) is 34.9 Å². The van der Waals surface area contributed by atoms with Gasteiger partial charge in [0.2, 0.25) is 0 Å². The topological polar surface area (TPSA) is 23.5 Å². The average molecular weight is 235 g/mol. The van der Waals surface area contributed by atoms with Crippen LogP contribution in [0.2, 0.25) is 0 Å². The Morgan fingerprint density at radius 1 is 1.29 bits per heavy atom. The van der Waals surface area contributed by atoms with Crippen LogP contribution in [0.3, 0.4) is 0 Å². The van der Waals surface area contributed by atoms with E-state index in [9.17, 15) is 5.11 Å². The molecule has 0 spiro atoms. The summed E-state index contributed by atoms with van der Waals surface area (Å²) in [7, 11) is 2.07. The molecule has 0 radical (unpaired) electrons. The smallest absolute Gasteiger partial charge is 0.0919 e. The molecule has 1 N–H and O–H groups in total. The molecule has 0 heterocycles. The molecule has 0 aliphatic carbocycles. The Hall–Kier alpha value is -0.860. The summed E-state index contributed by atoms with van der Waals surface area (Å²) in [6, 6.07) is 6.76. The molecule has 0 fully saturated rings. The zero-order valence-electron chi connectivity index (χ0n) is 11.7. The van der Waals surface area contributed by atoms with Crippen LogP contribution in [0, 0.1) is 13.8 Å². The first-order valence-corrected chi connectivity index (χ1v) is 6.41. The highest BCUT2D eigenvalue weighted by Gasteiger charge is 2.15. The minimum atomic E-state index is -0.395. The van der Waals surface area contributed by atoms with Gasteiger partial charge in [0.1, 0.15) is 0 Å². The number of hydrogen-bond acceptors (Lipinski definition) is 2. The lowest BCUT2D eigenvalue weighted by molar-refractivity contribution is 0.107. The van der Waals surface area contributed by atoms with Crippen LogP contribution < -0.4 is 0 Å². The van der Waals surface area contributed by atoms with E-state index in [0.717, 1.165) is 12.0 Å². The quantitative estimate of drug-likeness (QED) is 0.848. The van der Waals surface area contributed by atoms with Gasteiger partial charge in [-0.05, 0) is 45.4 Å². The number of likely N-dealkylation sites (N-methyl/N-ethyl adjacent to an activating group) is 1. The van der Waals surface area contributed by atoms with Crippen LogP contribution in [-0.4, -0.2) is 29.6 Å². The lowest BCUT2D eigenvalue weighted by atomic mass is 10.00. The fourth-order valence-corrected chi connectivity index (χ4v) is 1.98. The fourth-order valence-electron chi connectivity index (χ4n) is 1.98. The second-order valence-corrected chi connectivity index (χ2v) is 5.07. The maximum atomic E-state index is 10.3. The Labute approximate surface area is 105 Å². The van der Waals surface area contributed by atoms with Crippen LogP contribution in [0.15, 0.2) is 18.2 Å². The van der Waals surface area contributed by atoms with Gasteiger partial charge in [-0.3, -0.25) is 0 Å². The van der Waals surface area contributed by atoms with Gasteiger partial charge in [-0.25, -0.2) is 0 Å². The lowest BCUT2D eigenvalue weighted by Crippen LogP contribution is -2.32. The summed E-state index contributed by atoms with van der Waals surface area (Å²) in [6.45, 7) is 9.18. The molecule has 96 valence electrons. The van der Waals surface area contributed by atoms with E-state index in [2.05, 4.69) is 57.8 Å². The van der Waals surface area contributed by atoms with Crippen molar-refractivity contribution in [3.8, 4) is 0 Å². The van der Waals surface area contributed by atoms with Gasteiger partial charge in [-0.15, -0.1) is 0 Å². The van der Waals surface area contributed by atoms with Crippen molar-refractivity contribution < 1.29 is 5.11 Å². The summed E-state index contributed by atoms with van der Waals surface area (Å²) in [4.78, 5) is 2.21. The van der Waals surface area contributed by atoms with E-state index in [-0.39, 0.29) is 0 Å². The van der Waals surface area contributed by atoms with Crippen molar-refractivity contribution in [2.45, 2.75) is 46.3 Å². The average Bonchev–Trinajstić information content (AvgIpc) is 2.30. The van der Waals surface area contributed by atoms with E-state index in [1.165, 1.54) is 11.1 Å². The van der Waals surface area contributed by atoms with Gasteiger partial charge in [0, 0.05) is 12.6 Å². The Kier molecular flexibility index (Phi) is 5.16. The number of rotatable bonds is 5. The molecule has 1 aromatic rings. The minimum absolute atomic E-state index is 0.395. The number of aryl methyl sites for hydroxylation is 2. The highest BCUT2D eigenvalue weighted by molar-refractivity contribution is 5.32. The van der Waals surface area contributed by atoms with Crippen LogP contribution >= 0.6 is 0 Å². The zero-order chi connectivity index (χ0) is 13.0. The van der Waals surface area contributed by atoms with Crippen molar-refractivity contribution in [1.82, 2.24) is 4.90 Å². The summed E-state index contributed by atoms with van der Waals surface area (Å²) >= 11 is 0. The summed E-state index contributed by atoms with van der Waals surface area (Å²) in [5.74, 6) is 0. The molecule has 0 aromatic heterocycles. The number of benzene rings is 1. The van der Waals surface area contributed by atoms with Gasteiger partial charge < -0.3 is 10.0 Å². The van der Waals surface area contributed by atoms with Crippen LogP contribution in [0.25, 0.3) is 0 Å². The third kappa shape index (κ3) is 3.83. The molecule has 2 heteroatoms. The molecule has 0 aliphatic heterocycles. The molecule has 2 atom stereocenters. The van der Waals surface area contributed by atoms with Gasteiger partial charge in [-0.1, -0.05) is 30.7 Å². The minimum Gasteiger partial charge on any atom is -0.387 e. The van der Waals surface area contributed by atoms with Crippen molar-refractivity contribution >= 4 is 0 Å². The van der Waals surface area contributed by atoms with Gasteiger partial charge >= 0.3 is 0 Å². The SMILES string of the molecule is CCC(C)N(C)CC(O)c1cc(C)ccc1C. The van der Waals surface area contributed by atoms with E-state index in [1.54, 1.807) is 0 Å². The Morgan fingerprint density at radius 3 is 2.53 bits per heavy atom. The van der Waals surface area contributed by atoms with E-state index < -0.39 is 6.10 Å². The summed E-state index contributed by atoms with van der Waals surface area (Å²) in [6.07, 6.45) is 0.713. The largest absolute Gasteiger partial charge is 0.387 e. The maximum Gasteiger partial charge on any atom is 0.0919 e. The first-order chi connectivity index (χ1) is 7.95. The third-order valence-corrected chi connectivity index (χ3v) is 3.60. The molecule has 0 saturated heterocycles. The molecule has 0 bridgehead atoms. The van der Waals surface area contributed by atoms with Gasteiger partial charge in [-0.2, -0.15) is 0 Å². The van der Waals surface area contributed by atoms with E-state index >= 15 is 0 Å². The Morgan fingerprint density at radius 2 is 1.94 bits per heavy atom. The molecule has 2 nitrogen and oxygen atoms in total. The highest BCUT2D eigenvalue weighted by Crippen LogP contribution is 2.20. The first-order valence-electron chi connectivity index (χ1n) is 6.41. The molecule has 0 amide bonds. The van der Waals surface area contributed by atoms with E-state index in [4.69, 9.17) is 0 Å². The fraction of sp³-hybridized carbons (Fsp3) is 0.600. The summed E-state index contributed by atoms with van der Waals surface area (Å²) < 4.78 is 0. The number of hydrogen-bond donors (Lipinski definition) is 1. The van der Waals surface area contributed by atoms with Gasteiger partial charge in [0.05, 0.1) is 6.10 Å². The Bertz CT molecular complexity index is 362. The van der Waals surface area contributed by atoms with Crippen LogP contribution in [0.4, 0.5) is 0 Å². The zero-order valence-corrected chi connectivity index (χ0v) is 11.7. The van der Waals surface area contributed by atoms with Crippen LogP contribution in [-0.2, 0) is 0 Å². The van der Waals surface area contributed by atoms with Crippen molar-refractivity contribution in [3.63, 3.8) is 0 Å². The van der Waals surface area contributed by atoms with Crippen molar-refractivity contribution in [2.24, 2.45) is 0 Å². The molecule has 1 aromatic carbocycles. The predicted molar refractivity (Wildman–Crippen MR) is 73.3 cm³/mol. The van der Waals surface area contributed by atoms with Crippen LogP contribution in [0.5, 0.6) is 0 Å². The maximum absolute atomic E-state index is 10.3. The molecule has 0 saturated carbocycles. The van der Waals surface area contributed by atoms with E-state index in [1.807, 2.05) is 0 Å². The van der Waals surface area contributed by atoms with Crippen molar-refractivity contribution in [2.75, 3.05) is 13.6 Å². The van der Waals surface area contributed by atoms with Gasteiger partial charge in [0.15, 0.2) is 0 Å². The molecule has 2 unspecified atom stereocenters. The molecule has 17 heavy (non-hydrogen) atoms. The van der Waals surface area contributed by atoms with Gasteiger partial charge in [0.25, 0.3) is 0 Å². The lowest BCUT2D eigenvalue weighted by Gasteiger charge is -2.27. The molecular formula is C15H25NO. The Balaban J connectivity index is 2.75. The first kappa shape index (κ1) is 14.2. The molecule has 1 rings (SSSR count). The molecular weight excluding hydrogens is 210 g/mol. The normalized spacial score (nSPS) is 15.0. The number of aliphatic hydroxyl groups is 1. The van der Waals surface area contributed by atoms with Crippen LogP contribution in [0.1, 0.15) is 43.1 Å². The predicted octanol–water partition coefficient (Wildman–Crippen LogP) is 3.07. The standard InChI is InChI=1S/C15H25NO/c1-6-13(4)16(5)10-15(17)14-9-11(2)7-8-12(14)3/h7-9,13,15,17H,6,10H2,1-5H3. The highest BCUT2D eigenvalue weighted by atomic mass is 16.3. The monoisotopic (exact) mass is 235 g/mol. The second-order valence-electron chi connectivity index (χ2n) is 5.07. The van der Waals surface area contributed by atoms with E-state index in [0.29, 0.717) is 12.6 Å². The molecule has 0 aliphatic rings. The second kappa shape index (κ2) is 6.18. The summed E-state index contributed by atoms with van der Waals surface area (Å²) in [5, 5.41) is 10.3. The number of nitrogens with zero attached hydrogens (tertiary/aromatic N) is 1.